The summed E-state index contributed by atoms with van der Waals surface area (Å²) in [4.78, 5) is 8.62. The van der Waals surface area contributed by atoms with Crippen molar-refractivity contribution in [3.8, 4) is 11.1 Å². The number of aromatic nitrogens is 2. The third-order valence-electron chi connectivity index (χ3n) is 3.48. The maximum absolute atomic E-state index is 4.54. The summed E-state index contributed by atoms with van der Waals surface area (Å²) >= 11 is 0. The second-order valence-electron chi connectivity index (χ2n) is 4.82. The van der Waals surface area contributed by atoms with Gasteiger partial charge in [0.1, 0.15) is 0 Å². The highest BCUT2D eigenvalue weighted by Crippen LogP contribution is 2.26. The van der Waals surface area contributed by atoms with Gasteiger partial charge in [-0.3, -0.25) is 9.97 Å². The summed E-state index contributed by atoms with van der Waals surface area (Å²) in [6.07, 6.45) is 8.17. The zero-order chi connectivity index (χ0) is 14.5. The number of hydrogen-bond acceptors (Lipinski definition) is 2. The first-order valence-corrected chi connectivity index (χ1v) is 6.93. The van der Waals surface area contributed by atoms with E-state index in [1.807, 2.05) is 36.5 Å². The number of benzene rings is 1. The van der Waals surface area contributed by atoms with Gasteiger partial charge >= 0.3 is 0 Å². The first-order valence-electron chi connectivity index (χ1n) is 6.93. The largest absolute Gasteiger partial charge is 0.265 e. The second kappa shape index (κ2) is 7.53. The maximum atomic E-state index is 4.54. The van der Waals surface area contributed by atoms with Crippen molar-refractivity contribution < 1.29 is 0 Å². The van der Waals surface area contributed by atoms with Crippen LogP contribution in [0.1, 0.15) is 16.8 Å². The predicted octanol–water partition coefficient (Wildman–Crippen LogP) is 4.80. The summed E-state index contributed by atoms with van der Waals surface area (Å²) in [5.74, 6) is 0. The first-order chi connectivity index (χ1) is 10.4. The number of hydrogen-bond donors (Lipinski definition) is 0. The molecule has 0 radical (unpaired) electrons. The average Bonchev–Trinajstić information content (AvgIpc) is 2.56. The molecule has 0 unspecified atom stereocenters. The Morgan fingerprint density at radius 3 is 2.32 bits per heavy atom. The fourth-order valence-electron chi connectivity index (χ4n) is 2.46. The van der Waals surface area contributed by atoms with Crippen molar-refractivity contribution >= 4 is 18.5 Å². The van der Waals surface area contributed by atoms with Crippen molar-refractivity contribution in [2.24, 2.45) is 0 Å². The SMILES string of the molecule is C=Cc1c(-c2ccncc2)ccnc1Cc1ccccc1.Cl. The highest BCUT2D eigenvalue weighted by molar-refractivity contribution is 5.85. The Labute approximate surface area is 137 Å². The van der Waals surface area contributed by atoms with Crippen LogP contribution in [-0.2, 0) is 6.42 Å². The van der Waals surface area contributed by atoms with E-state index in [4.69, 9.17) is 0 Å². The lowest BCUT2D eigenvalue weighted by atomic mass is 9.97. The van der Waals surface area contributed by atoms with E-state index >= 15 is 0 Å². The summed E-state index contributed by atoms with van der Waals surface area (Å²) in [5, 5.41) is 0. The quantitative estimate of drug-likeness (QED) is 0.692. The van der Waals surface area contributed by atoms with E-state index in [1.54, 1.807) is 12.4 Å². The smallest absolute Gasteiger partial charge is 0.0525 e. The molecule has 0 aliphatic carbocycles. The summed E-state index contributed by atoms with van der Waals surface area (Å²) < 4.78 is 0. The Bertz CT molecular complexity index is 740. The minimum absolute atomic E-state index is 0. The first kappa shape index (κ1) is 15.9. The van der Waals surface area contributed by atoms with Crippen LogP contribution in [0.15, 0.2) is 73.7 Å². The van der Waals surface area contributed by atoms with Gasteiger partial charge in [-0.05, 0) is 34.9 Å². The van der Waals surface area contributed by atoms with Gasteiger partial charge in [-0.1, -0.05) is 43.0 Å². The van der Waals surface area contributed by atoms with Crippen LogP contribution < -0.4 is 0 Å². The molecule has 0 amide bonds. The molecule has 0 spiro atoms. The van der Waals surface area contributed by atoms with Crippen LogP contribution in [0.5, 0.6) is 0 Å². The summed E-state index contributed by atoms with van der Waals surface area (Å²) in [5.41, 5.74) is 5.67. The second-order valence-corrected chi connectivity index (χ2v) is 4.82. The van der Waals surface area contributed by atoms with E-state index in [1.165, 1.54) is 5.56 Å². The van der Waals surface area contributed by atoms with Crippen molar-refractivity contribution in [1.82, 2.24) is 9.97 Å². The van der Waals surface area contributed by atoms with Gasteiger partial charge in [0.25, 0.3) is 0 Å². The summed E-state index contributed by atoms with van der Waals surface area (Å²) in [7, 11) is 0. The van der Waals surface area contributed by atoms with Crippen molar-refractivity contribution in [2.75, 3.05) is 0 Å². The molecule has 110 valence electrons. The van der Waals surface area contributed by atoms with Gasteiger partial charge in [-0.15, -0.1) is 12.4 Å². The van der Waals surface area contributed by atoms with E-state index in [0.717, 1.165) is 28.8 Å². The normalized spacial score (nSPS) is 9.82. The molecule has 0 fully saturated rings. The Morgan fingerprint density at radius 1 is 0.909 bits per heavy atom. The Kier molecular flexibility index (Phi) is 5.45. The molecule has 1 aromatic carbocycles. The molecule has 0 aliphatic heterocycles. The standard InChI is InChI=1S/C19H16N2.ClH/c1-2-17-18(16-8-11-20-12-9-16)10-13-21-19(17)14-15-6-4-3-5-7-15;/h2-13H,1,14H2;1H. The van der Waals surface area contributed by atoms with E-state index < -0.39 is 0 Å². The molecule has 0 atom stereocenters. The molecule has 0 saturated carbocycles. The summed E-state index contributed by atoms with van der Waals surface area (Å²) in [6, 6.07) is 16.4. The fraction of sp³-hybridized carbons (Fsp3) is 0.0526. The number of nitrogens with zero attached hydrogens (tertiary/aromatic N) is 2. The van der Waals surface area contributed by atoms with Gasteiger partial charge in [0.15, 0.2) is 0 Å². The third-order valence-corrected chi connectivity index (χ3v) is 3.48. The molecule has 0 N–H and O–H groups in total. The van der Waals surface area contributed by atoms with Crippen LogP contribution in [0.4, 0.5) is 0 Å². The van der Waals surface area contributed by atoms with E-state index in [0.29, 0.717) is 0 Å². The molecule has 0 saturated heterocycles. The zero-order valence-electron chi connectivity index (χ0n) is 12.1. The number of halogens is 1. The van der Waals surface area contributed by atoms with E-state index in [9.17, 15) is 0 Å². The topological polar surface area (TPSA) is 25.8 Å². The van der Waals surface area contributed by atoms with Crippen LogP contribution in [0.2, 0.25) is 0 Å². The Balaban J connectivity index is 0.00000176. The van der Waals surface area contributed by atoms with Crippen molar-refractivity contribution in [1.29, 1.82) is 0 Å². The minimum Gasteiger partial charge on any atom is -0.265 e. The Hall–Kier alpha value is -2.45. The molecular formula is C19H17ClN2. The average molecular weight is 309 g/mol. The summed E-state index contributed by atoms with van der Waals surface area (Å²) in [6.45, 7) is 3.96. The van der Waals surface area contributed by atoms with Crippen LogP contribution in [0.25, 0.3) is 17.2 Å². The van der Waals surface area contributed by atoms with Gasteiger partial charge in [-0.2, -0.15) is 0 Å². The van der Waals surface area contributed by atoms with Gasteiger partial charge in [0.05, 0.1) is 5.69 Å². The molecule has 2 heterocycles. The molecule has 2 nitrogen and oxygen atoms in total. The number of rotatable bonds is 4. The molecule has 3 rings (SSSR count). The molecule has 3 heteroatoms. The maximum Gasteiger partial charge on any atom is 0.0525 e. The third kappa shape index (κ3) is 3.41. The molecule has 0 bridgehead atoms. The molecular weight excluding hydrogens is 292 g/mol. The molecule has 0 aliphatic rings. The zero-order valence-corrected chi connectivity index (χ0v) is 13.0. The van der Waals surface area contributed by atoms with E-state index in [2.05, 4.69) is 40.8 Å². The molecule has 22 heavy (non-hydrogen) atoms. The Morgan fingerprint density at radius 2 is 1.64 bits per heavy atom. The van der Waals surface area contributed by atoms with Gasteiger partial charge < -0.3 is 0 Å². The molecule has 2 aromatic heterocycles. The minimum atomic E-state index is 0. The van der Waals surface area contributed by atoms with Crippen molar-refractivity contribution in [3.63, 3.8) is 0 Å². The van der Waals surface area contributed by atoms with Crippen LogP contribution in [-0.4, -0.2) is 9.97 Å². The monoisotopic (exact) mass is 308 g/mol. The predicted molar refractivity (Wildman–Crippen MR) is 94.1 cm³/mol. The van der Waals surface area contributed by atoms with Crippen molar-refractivity contribution in [3.05, 3.63) is 90.5 Å². The van der Waals surface area contributed by atoms with Crippen LogP contribution >= 0.6 is 12.4 Å². The lowest BCUT2D eigenvalue weighted by molar-refractivity contribution is 1.07. The lowest BCUT2D eigenvalue weighted by Gasteiger charge is -2.11. The molecule has 3 aromatic rings. The fourth-order valence-corrected chi connectivity index (χ4v) is 2.46. The van der Waals surface area contributed by atoms with Gasteiger partial charge in [-0.25, -0.2) is 0 Å². The number of pyridine rings is 2. The highest BCUT2D eigenvalue weighted by atomic mass is 35.5. The van der Waals surface area contributed by atoms with Crippen LogP contribution in [0.3, 0.4) is 0 Å². The van der Waals surface area contributed by atoms with Gasteiger partial charge in [0, 0.05) is 30.6 Å². The highest BCUT2D eigenvalue weighted by Gasteiger charge is 2.09. The van der Waals surface area contributed by atoms with Gasteiger partial charge in [0.2, 0.25) is 0 Å². The van der Waals surface area contributed by atoms with E-state index in [-0.39, 0.29) is 12.4 Å². The lowest BCUT2D eigenvalue weighted by Crippen LogP contribution is -1.98. The van der Waals surface area contributed by atoms with Crippen LogP contribution in [0, 0.1) is 0 Å². The van der Waals surface area contributed by atoms with Crippen molar-refractivity contribution in [2.45, 2.75) is 6.42 Å².